The smallest absolute Gasteiger partial charge is 0.204 e. The standard InChI is InChI=1S/C11H7Cl2FN2O/c12-6-10-11(17)3-4-16(15-10)7-1-2-8(13)9(14)5-7/h1-5H,6H2. The lowest BCUT2D eigenvalue weighted by Gasteiger charge is -2.06. The number of halogens is 3. The molecular formula is C11H7Cl2FN2O. The third kappa shape index (κ3) is 2.48. The van der Waals surface area contributed by atoms with E-state index in [0.29, 0.717) is 5.69 Å². The molecule has 88 valence electrons. The van der Waals surface area contributed by atoms with Crippen LogP contribution in [0.25, 0.3) is 5.69 Å². The molecule has 0 unspecified atom stereocenters. The van der Waals surface area contributed by atoms with Crippen LogP contribution in [0.4, 0.5) is 4.39 Å². The topological polar surface area (TPSA) is 34.9 Å². The minimum absolute atomic E-state index is 0.00967. The van der Waals surface area contributed by atoms with Gasteiger partial charge in [-0.3, -0.25) is 4.79 Å². The Bertz CT molecular complexity index is 613. The number of alkyl halides is 1. The number of aromatic nitrogens is 2. The van der Waals surface area contributed by atoms with Gasteiger partial charge in [-0.1, -0.05) is 11.6 Å². The Balaban J connectivity index is 2.53. The molecule has 0 saturated heterocycles. The van der Waals surface area contributed by atoms with E-state index in [4.69, 9.17) is 23.2 Å². The quantitative estimate of drug-likeness (QED) is 0.788. The minimum atomic E-state index is -0.544. The summed E-state index contributed by atoms with van der Waals surface area (Å²) in [6, 6.07) is 5.59. The molecule has 0 aliphatic carbocycles. The number of rotatable bonds is 2. The van der Waals surface area contributed by atoms with Gasteiger partial charge in [0.05, 0.1) is 16.6 Å². The van der Waals surface area contributed by atoms with Crippen molar-refractivity contribution >= 4 is 23.2 Å². The summed E-state index contributed by atoms with van der Waals surface area (Å²) >= 11 is 11.2. The summed E-state index contributed by atoms with van der Waals surface area (Å²) in [4.78, 5) is 11.3. The summed E-state index contributed by atoms with van der Waals surface area (Å²) in [7, 11) is 0. The van der Waals surface area contributed by atoms with Gasteiger partial charge in [-0.15, -0.1) is 11.6 Å². The van der Waals surface area contributed by atoms with Crippen LogP contribution in [0.3, 0.4) is 0 Å². The second-order valence-corrected chi connectivity index (χ2v) is 3.98. The van der Waals surface area contributed by atoms with Crippen LogP contribution in [-0.2, 0) is 5.88 Å². The first-order valence-electron chi connectivity index (χ1n) is 4.72. The van der Waals surface area contributed by atoms with E-state index in [1.54, 1.807) is 6.07 Å². The Morgan fingerprint density at radius 2 is 2.12 bits per heavy atom. The summed E-state index contributed by atoms with van der Waals surface area (Å²) in [6.45, 7) is 0. The lowest BCUT2D eigenvalue weighted by Crippen LogP contribution is -2.14. The van der Waals surface area contributed by atoms with Crippen LogP contribution < -0.4 is 5.43 Å². The zero-order valence-corrected chi connectivity index (χ0v) is 10.0. The Hall–Kier alpha value is -1.39. The van der Waals surface area contributed by atoms with E-state index in [-0.39, 0.29) is 22.0 Å². The maximum Gasteiger partial charge on any atom is 0.204 e. The molecule has 2 aromatic rings. The first kappa shape index (κ1) is 12.1. The summed E-state index contributed by atoms with van der Waals surface area (Å²) in [5.41, 5.74) is 0.438. The molecule has 3 nitrogen and oxygen atoms in total. The third-order valence-electron chi connectivity index (χ3n) is 2.17. The fourth-order valence-electron chi connectivity index (χ4n) is 1.31. The normalized spacial score (nSPS) is 10.5. The van der Waals surface area contributed by atoms with Crippen molar-refractivity contribution in [2.45, 2.75) is 5.88 Å². The van der Waals surface area contributed by atoms with Crippen LogP contribution in [0.1, 0.15) is 5.69 Å². The van der Waals surface area contributed by atoms with Gasteiger partial charge < -0.3 is 0 Å². The van der Waals surface area contributed by atoms with Gasteiger partial charge >= 0.3 is 0 Å². The molecular weight excluding hydrogens is 266 g/mol. The lowest BCUT2D eigenvalue weighted by molar-refractivity contribution is 0.625. The highest BCUT2D eigenvalue weighted by atomic mass is 35.5. The molecule has 1 heterocycles. The molecule has 1 aromatic carbocycles. The summed E-state index contributed by atoms with van der Waals surface area (Å²) in [6.07, 6.45) is 1.45. The Morgan fingerprint density at radius 3 is 2.76 bits per heavy atom. The molecule has 6 heteroatoms. The monoisotopic (exact) mass is 272 g/mol. The molecule has 1 aromatic heterocycles. The molecule has 17 heavy (non-hydrogen) atoms. The van der Waals surface area contributed by atoms with Crippen molar-refractivity contribution in [3.63, 3.8) is 0 Å². The Labute approximate surface area is 106 Å². The van der Waals surface area contributed by atoms with Crippen molar-refractivity contribution < 1.29 is 4.39 Å². The largest absolute Gasteiger partial charge is 0.288 e. The maximum atomic E-state index is 13.3. The van der Waals surface area contributed by atoms with Gasteiger partial charge in [-0.05, 0) is 12.1 Å². The van der Waals surface area contributed by atoms with Gasteiger partial charge in [0, 0.05) is 18.3 Å². The van der Waals surface area contributed by atoms with Crippen molar-refractivity contribution in [3.05, 3.63) is 57.2 Å². The van der Waals surface area contributed by atoms with Crippen molar-refractivity contribution in [1.29, 1.82) is 0 Å². The SMILES string of the molecule is O=c1ccn(-c2ccc(Cl)c(F)c2)nc1CCl. The van der Waals surface area contributed by atoms with E-state index >= 15 is 0 Å². The molecule has 0 N–H and O–H groups in total. The van der Waals surface area contributed by atoms with Gasteiger partial charge in [0.2, 0.25) is 5.43 Å². The van der Waals surface area contributed by atoms with E-state index < -0.39 is 5.82 Å². The van der Waals surface area contributed by atoms with Crippen LogP contribution in [0, 0.1) is 5.82 Å². The number of hydrogen-bond acceptors (Lipinski definition) is 2. The predicted octanol–water partition coefficient (Wildman–Crippen LogP) is 2.76. The summed E-state index contributed by atoms with van der Waals surface area (Å²) < 4.78 is 14.6. The average molecular weight is 273 g/mol. The van der Waals surface area contributed by atoms with Gasteiger partial charge in [-0.25, -0.2) is 9.07 Å². The first-order valence-corrected chi connectivity index (χ1v) is 5.63. The molecule has 0 bridgehead atoms. The van der Waals surface area contributed by atoms with E-state index in [1.807, 2.05) is 0 Å². The van der Waals surface area contributed by atoms with Gasteiger partial charge in [0.15, 0.2) is 0 Å². The molecule has 0 aliphatic rings. The molecule has 0 spiro atoms. The van der Waals surface area contributed by atoms with Crippen molar-refractivity contribution in [1.82, 2.24) is 9.78 Å². The number of hydrogen-bond donors (Lipinski definition) is 0. The average Bonchev–Trinajstić information content (AvgIpc) is 2.33. The number of nitrogens with zero attached hydrogens (tertiary/aromatic N) is 2. The molecule has 0 saturated carbocycles. The first-order chi connectivity index (χ1) is 8.11. The van der Waals surface area contributed by atoms with Crippen LogP contribution in [0.2, 0.25) is 5.02 Å². The number of benzene rings is 1. The molecule has 0 fully saturated rings. The summed E-state index contributed by atoms with van der Waals surface area (Å²) in [5.74, 6) is -0.535. The lowest BCUT2D eigenvalue weighted by atomic mass is 10.3. The van der Waals surface area contributed by atoms with Gasteiger partial charge in [-0.2, -0.15) is 5.10 Å². The molecule has 0 radical (unpaired) electrons. The Morgan fingerprint density at radius 1 is 1.35 bits per heavy atom. The molecule has 0 amide bonds. The highest BCUT2D eigenvalue weighted by Gasteiger charge is 2.05. The van der Waals surface area contributed by atoms with Crippen LogP contribution in [-0.4, -0.2) is 9.78 Å². The fourth-order valence-corrected chi connectivity index (χ4v) is 1.61. The van der Waals surface area contributed by atoms with E-state index in [2.05, 4.69) is 5.10 Å². The maximum absolute atomic E-state index is 13.3. The van der Waals surface area contributed by atoms with E-state index in [0.717, 1.165) is 0 Å². The van der Waals surface area contributed by atoms with E-state index in [1.165, 1.54) is 29.1 Å². The van der Waals surface area contributed by atoms with Crippen molar-refractivity contribution in [3.8, 4) is 5.69 Å². The third-order valence-corrected chi connectivity index (χ3v) is 2.73. The minimum Gasteiger partial charge on any atom is -0.288 e. The zero-order valence-electron chi connectivity index (χ0n) is 8.53. The van der Waals surface area contributed by atoms with Crippen LogP contribution in [0.15, 0.2) is 35.3 Å². The Kier molecular flexibility index (Phi) is 3.45. The molecule has 0 aliphatic heterocycles. The zero-order chi connectivity index (χ0) is 12.4. The second-order valence-electron chi connectivity index (χ2n) is 3.30. The van der Waals surface area contributed by atoms with Crippen LogP contribution >= 0.6 is 23.2 Å². The highest BCUT2D eigenvalue weighted by Crippen LogP contribution is 2.17. The van der Waals surface area contributed by atoms with Gasteiger partial charge in [0.1, 0.15) is 11.5 Å². The van der Waals surface area contributed by atoms with Crippen molar-refractivity contribution in [2.75, 3.05) is 0 Å². The van der Waals surface area contributed by atoms with Crippen LogP contribution in [0.5, 0.6) is 0 Å². The fraction of sp³-hybridized carbons (Fsp3) is 0.0909. The van der Waals surface area contributed by atoms with Crippen molar-refractivity contribution in [2.24, 2.45) is 0 Å². The molecule has 2 rings (SSSR count). The molecule has 0 atom stereocenters. The second kappa shape index (κ2) is 4.85. The highest BCUT2D eigenvalue weighted by molar-refractivity contribution is 6.30. The predicted molar refractivity (Wildman–Crippen MR) is 64.4 cm³/mol. The van der Waals surface area contributed by atoms with Gasteiger partial charge in [0.25, 0.3) is 0 Å². The van der Waals surface area contributed by atoms with E-state index in [9.17, 15) is 9.18 Å². The summed E-state index contributed by atoms with van der Waals surface area (Å²) in [5, 5.41) is 4.03.